The van der Waals surface area contributed by atoms with Crippen LogP contribution in [0.3, 0.4) is 0 Å². The summed E-state index contributed by atoms with van der Waals surface area (Å²) in [6, 6.07) is 12.7. The minimum Gasteiger partial charge on any atom is -0.391 e. The smallest absolute Gasteiger partial charge is 0.255 e. The molecule has 2 aliphatic heterocycles. The van der Waals surface area contributed by atoms with Crippen LogP contribution in [0.25, 0.3) is 10.4 Å². The van der Waals surface area contributed by atoms with E-state index >= 15 is 0 Å². The van der Waals surface area contributed by atoms with Gasteiger partial charge in [0.1, 0.15) is 12.1 Å². The molecule has 5 rings (SSSR count). The first kappa shape index (κ1) is 26.0. The number of amides is 3. The number of thiazole rings is 1. The Morgan fingerprint density at radius 1 is 1.21 bits per heavy atom. The number of nitrogens with one attached hydrogen (secondary N) is 1. The Bertz CT molecular complexity index is 1360. The quantitative estimate of drug-likeness (QED) is 0.427. The van der Waals surface area contributed by atoms with Crippen molar-refractivity contribution in [1.82, 2.24) is 20.1 Å². The molecule has 4 atom stereocenters. The van der Waals surface area contributed by atoms with Crippen LogP contribution in [0.15, 0.2) is 54.0 Å². The lowest BCUT2D eigenvalue weighted by Gasteiger charge is -2.34. The number of aromatic nitrogens is 1. The van der Waals surface area contributed by atoms with Gasteiger partial charge in [0.05, 0.1) is 22.2 Å². The van der Waals surface area contributed by atoms with Crippen LogP contribution in [0, 0.1) is 6.92 Å². The molecule has 0 radical (unpaired) electrons. The third-order valence-electron chi connectivity index (χ3n) is 7.23. The van der Waals surface area contributed by atoms with Crippen LogP contribution in [-0.2, 0) is 22.7 Å². The first-order valence-corrected chi connectivity index (χ1v) is 13.5. The summed E-state index contributed by atoms with van der Waals surface area (Å²) in [5.74, 6) is -1.03. The second kappa shape index (κ2) is 10.6. The number of aliphatic hydroxyl groups excluding tert-OH is 1. The predicted molar refractivity (Wildman–Crippen MR) is 144 cm³/mol. The van der Waals surface area contributed by atoms with Crippen molar-refractivity contribution < 1.29 is 19.5 Å². The zero-order chi connectivity index (χ0) is 27.0. The van der Waals surface area contributed by atoms with E-state index in [1.165, 1.54) is 9.80 Å². The summed E-state index contributed by atoms with van der Waals surface area (Å²) < 4.78 is 0. The number of nitrogens with two attached hydrogens (primary N) is 1. The molecule has 9 nitrogen and oxygen atoms in total. The SMILES string of the molecule is Cc1ncsc1-c1ccc(CNC(=O)[C@@H]2C[C@@H](O)CN2C(=O)[C@H](C(C)N)N2Cc3ccccc3C2=O)cc1. The summed E-state index contributed by atoms with van der Waals surface area (Å²) in [5.41, 5.74) is 12.4. The maximum absolute atomic E-state index is 13.7. The summed E-state index contributed by atoms with van der Waals surface area (Å²) in [6.07, 6.45) is -0.710. The van der Waals surface area contributed by atoms with Gasteiger partial charge >= 0.3 is 0 Å². The number of carbonyl (C=O) groups excluding carboxylic acids is 3. The summed E-state index contributed by atoms with van der Waals surface area (Å²) >= 11 is 1.58. The highest BCUT2D eigenvalue weighted by Gasteiger charge is 2.46. The van der Waals surface area contributed by atoms with E-state index in [2.05, 4.69) is 10.3 Å². The van der Waals surface area contributed by atoms with E-state index in [-0.39, 0.29) is 37.9 Å². The second-order valence-electron chi connectivity index (χ2n) is 9.97. The Morgan fingerprint density at radius 3 is 2.61 bits per heavy atom. The van der Waals surface area contributed by atoms with E-state index in [0.717, 1.165) is 27.3 Å². The number of hydrogen-bond donors (Lipinski definition) is 3. The minimum absolute atomic E-state index is 0.0119. The molecule has 1 saturated heterocycles. The average Bonchev–Trinajstić information content (AvgIpc) is 3.60. The largest absolute Gasteiger partial charge is 0.391 e. The molecular formula is C28H31N5O4S. The number of fused-ring (bicyclic) bond motifs is 1. The Balaban J connectivity index is 1.27. The zero-order valence-corrected chi connectivity index (χ0v) is 22.1. The second-order valence-corrected chi connectivity index (χ2v) is 10.8. The Morgan fingerprint density at radius 2 is 1.95 bits per heavy atom. The average molecular weight is 534 g/mol. The zero-order valence-electron chi connectivity index (χ0n) is 21.3. The van der Waals surface area contributed by atoms with Gasteiger partial charge in [0.15, 0.2) is 0 Å². The van der Waals surface area contributed by atoms with Crippen LogP contribution < -0.4 is 11.1 Å². The number of carbonyl (C=O) groups is 3. The summed E-state index contributed by atoms with van der Waals surface area (Å²) in [5, 5.41) is 13.3. The molecule has 3 amide bonds. The summed E-state index contributed by atoms with van der Waals surface area (Å²) in [4.78, 5) is 48.3. The predicted octanol–water partition coefficient (Wildman–Crippen LogP) is 2.07. The van der Waals surface area contributed by atoms with Crippen LogP contribution in [0.4, 0.5) is 0 Å². The van der Waals surface area contributed by atoms with Crippen LogP contribution in [-0.4, -0.2) is 68.4 Å². The third kappa shape index (κ3) is 4.94. The van der Waals surface area contributed by atoms with E-state index in [0.29, 0.717) is 5.56 Å². The van der Waals surface area contributed by atoms with Crippen molar-refractivity contribution in [3.05, 3.63) is 76.4 Å². The van der Waals surface area contributed by atoms with Crippen molar-refractivity contribution in [2.24, 2.45) is 5.73 Å². The van der Waals surface area contributed by atoms with Crippen molar-refractivity contribution in [2.45, 2.75) is 57.6 Å². The fraction of sp³-hybridized carbons (Fsp3) is 0.357. The minimum atomic E-state index is -0.946. The number of rotatable bonds is 7. The number of nitrogens with zero attached hydrogens (tertiary/aromatic N) is 3. The van der Waals surface area contributed by atoms with Crippen LogP contribution in [0.1, 0.15) is 40.5 Å². The molecule has 2 aliphatic rings. The van der Waals surface area contributed by atoms with Crippen LogP contribution in [0.5, 0.6) is 0 Å². The Labute approximate surface area is 225 Å². The van der Waals surface area contributed by atoms with Gasteiger partial charge in [-0.3, -0.25) is 14.4 Å². The molecule has 1 fully saturated rings. The Kier molecular flexibility index (Phi) is 7.29. The van der Waals surface area contributed by atoms with Gasteiger partial charge in [-0.2, -0.15) is 0 Å². The number of β-amino-alcohol motifs (C(OH)–C–C–N with tert-alkyl or cyclic N) is 1. The topological polar surface area (TPSA) is 129 Å². The fourth-order valence-electron chi connectivity index (χ4n) is 5.28. The number of aliphatic hydroxyl groups is 1. The van der Waals surface area contributed by atoms with E-state index < -0.39 is 30.1 Å². The molecule has 38 heavy (non-hydrogen) atoms. The van der Waals surface area contributed by atoms with Gasteiger partial charge in [-0.25, -0.2) is 4.98 Å². The molecular weight excluding hydrogens is 502 g/mol. The number of aryl methyl sites for hydroxylation is 1. The first-order chi connectivity index (χ1) is 18.2. The van der Waals surface area contributed by atoms with Crippen molar-refractivity contribution in [1.29, 1.82) is 0 Å². The van der Waals surface area contributed by atoms with Crippen molar-refractivity contribution in [3.63, 3.8) is 0 Å². The number of benzene rings is 2. The van der Waals surface area contributed by atoms with E-state index in [9.17, 15) is 19.5 Å². The number of likely N-dealkylation sites (tertiary alicyclic amines) is 1. The van der Waals surface area contributed by atoms with Gasteiger partial charge < -0.3 is 26.0 Å². The van der Waals surface area contributed by atoms with Gasteiger partial charge in [-0.1, -0.05) is 42.5 Å². The maximum atomic E-state index is 13.7. The van der Waals surface area contributed by atoms with Crippen LogP contribution in [0.2, 0.25) is 0 Å². The molecule has 0 aliphatic carbocycles. The van der Waals surface area contributed by atoms with Gasteiger partial charge in [-0.05, 0) is 36.6 Å². The molecule has 198 valence electrons. The third-order valence-corrected chi connectivity index (χ3v) is 8.21. The highest BCUT2D eigenvalue weighted by molar-refractivity contribution is 7.13. The van der Waals surface area contributed by atoms with Crippen molar-refractivity contribution in [3.8, 4) is 10.4 Å². The molecule has 0 spiro atoms. The highest BCUT2D eigenvalue weighted by atomic mass is 32.1. The normalized spacial score (nSPS) is 20.4. The highest BCUT2D eigenvalue weighted by Crippen LogP contribution is 2.29. The summed E-state index contributed by atoms with van der Waals surface area (Å²) in [6.45, 7) is 4.22. The van der Waals surface area contributed by atoms with E-state index in [1.54, 1.807) is 30.4 Å². The molecule has 1 unspecified atom stereocenters. The molecule has 3 aromatic rings. The first-order valence-electron chi connectivity index (χ1n) is 12.6. The van der Waals surface area contributed by atoms with Gasteiger partial charge in [0.25, 0.3) is 5.91 Å². The maximum Gasteiger partial charge on any atom is 0.255 e. The van der Waals surface area contributed by atoms with Crippen molar-refractivity contribution >= 4 is 29.1 Å². The molecule has 2 aromatic carbocycles. The molecule has 3 heterocycles. The molecule has 4 N–H and O–H groups in total. The standard InChI is InChI=1S/C28H31N5O4S/c1-16(29)24(33-13-20-5-3-4-6-22(20)27(33)36)28(37)32-14-21(34)11-23(32)26(35)30-12-18-7-9-19(10-8-18)25-17(2)31-15-38-25/h3-10,15-16,21,23-24,34H,11-14,29H2,1-2H3,(H,30,35)/t16?,21-,23+,24+/m1/s1. The lowest BCUT2D eigenvalue weighted by atomic mass is 10.1. The van der Waals surface area contributed by atoms with Gasteiger partial charge in [0, 0.05) is 37.7 Å². The molecule has 10 heteroatoms. The summed E-state index contributed by atoms with van der Waals surface area (Å²) in [7, 11) is 0. The lowest BCUT2D eigenvalue weighted by molar-refractivity contribution is -0.142. The lowest BCUT2D eigenvalue weighted by Crippen LogP contribution is -2.58. The van der Waals surface area contributed by atoms with Gasteiger partial charge in [-0.15, -0.1) is 11.3 Å². The molecule has 0 bridgehead atoms. The van der Waals surface area contributed by atoms with E-state index in [1.807, 2.05) is 48.8 Å². The van der Waals surface area contributed by atoms with Crippen molar-refractivity contribution in [2.75, 3.05) is 6.54 Å². The van der Waals surface area contributed by atoms with Gasteiger partial charge in [0.2, 0.25) is 11.8 Å². The monoisotopic (exact) mass is 533 g/mol. The van der Waals surface area contributed by atoms with Crippen LogP contribution >= 0.6 is 11.3 Å². The molecule has 1 aromatic heterocycles. The molecule has 0 saturated carbocycles. The number of hydrogen-bond acceptors (Lipinski definition) is 7. The fourth-order valence-corrected chi connectivity index (χ4v) is 6.09. The van der Waals surface area contributed by atoms with E-state index in [4.69, 9.17) is 5.73 Å². The Hall–Kier alpha value is -3.60.